The summed E-state index contributed by atoms with van der Waals surface area (Å²) in [4.78, 5) is 0. The summed E-state index contributed by atoms with van der Waals surface area (Å²) in [6.45, 7) is 0. The molecule has 3 N–H and O–H groups in total. The van der Waals surface area contributed by atoms with E-state index in [2.05, 4.69) is 10.5 Å². The molecule has 2 unspecified atom stereocenters. The summed E-state index contributed by atoms with van der Waals surface area (Å²) in [5.74, 6) is 7.75. The molecule has 2 atom stereocenters. The number of methoxy groups -OCH3 is 1. The molecule has 1 aromatic heterocycles. The molecule has 0 bridgehead atoms. The SMILES string of the molecule is COc1cnn(C)c1C(NN)C1CCCCS1. The molecule has 96 valence electrons. The Morgan fingerprint density at radius 2 is 2.47 bits per heavy atom. The van der Waals surface area contributed by atoms with Crippen LogP contribution in [-0.4, -0.2) is 27.9 Å². The van der Waals surface area contributed by atoms with Crippen LogP contribution >= 0.6 is 11.8 Å². The molecule has 1 aliphatic heterocycles. The Morgan fingerprint density at radius 1 is 1.65 bits per heavy atom. The second-order valence-corrected chi connectivity index (χ2v) is 5.62. The van der Waals surface area contributed by atoms with Gasteiger partial charge in [-0.2, -0.15) is 16.9 Å². The molecule has 1 aromatic rings. The van der Waals surface area contributed by atoms with Crippen molar-refractivity contribution in [3.63, 3.8) is 0 Å². The van der Waals surface area contributed by atoms with Crippen LogP contribution in [0.15, 0.2) is 6.20 Å². The fraction of sp³-hybridized carbons (Fsp3) is 0.727. The van der Waals surface area contributed by atoms with Crippen LogP contribution in [0.25, 0.3) is 0 Å². The number of hydrazine groups is 1. The number of ether oxygens (including phenoxy) is 1. The fourth-order valence-electron chi connectivity index (χ4n) is 2.33. The second kappa shape index (κ2) is 5.75. The van der Waals surface area contributed by atoms with Crippen molar-refractivity contribution in [2.24, 2.45) is 12.9 Å². The number of aromatic nitrogens is 2. The Bertz CT molecular complexity index is 362. The van der Waals surface area contributed by atoms with E-state index < -0.39 is 0 Å². The van der Waals surface area contributed by atoms with Gasteiger partial charge in [0.1, 0.15) is 0 Å². The van der Waals surface area contributed by atoms with Crippen molar-refractivity contribution in [3.8, 4) is 5.75 Å². The lowest BCUT2D eigenvalue weighted by Gasteiger charge is -2.29. The van der Waals surface area contributed by atoms with Gasteiger partial charge in [-0.25, -0.2) is 0 Å². The van der Waals surface area contributed by atoms with E-state index >= 15 is 0 Å². The van der Waals surface area contributed by atoms with Crippen molar-refractivity contribution >= 4 is 11.8 Å². The van der Waals surface area contributed by atoms with Crippen LogP contribution in [0.2, 0.25) is 0 Å². The highest BCUT2D eigenvalue weighted by Gasteiger charge is 2.29. The van der Waals surface area contributed by atoms with Crippen molar-refractivity contribution in [2.45, 2.75) is 30.6 Å². The van der Waals surface area contributed by atoms with Gasteiger partial charge in [-0.3, -0.25) is 16.0 Å². The van der Waals surface area contributed by atoms with Crippen LogP contribution < -0.4 is 16.0 Å². The number of nitrogens with zero attached hydrogens (tertiary/aromatic N) is 2. The molecule has 0 aliphatic carbocycles. The first-order chi connectivity index (χ1) is 8.27. The maximum atomic E-state index is 5.73. The molecule has 2 heterocycles. The molecule has 0 amide bonds. The van der Waals surface area contributed by atoms with Gasteiger partial charge in [0.25, 0.3) is 0 Å². The molecule has 2 rings (SSSR count). The Kier molecular flexibility index (Phi) is 4.31. The van der Waals surface area contributed by atoms with Gasteiger partial charge in [-0.1, -0.05) is 6.42 Å². The van der Waals surface area contributed by atoms with Crippen molar-refractivity contribution in [3.05, 3.63) is 11.9 Å². The van der Waals surface area contributed by atoms with E-state index in [0.29, 0.717) is 5.25 Å². The minimum Gasteiger partial charge on any atom is -0.493 e. The number of thioether (sulfide) groups is 1. The molecule has 5 nitrogen and oxygen atoms in total. The Labute approximate surface area is 106 Å². The third-order valence-corrected chi connectivity index (χ3v) is 4.69. The maximum Gasteiger partial charge on any atom is 0.161 e. The largest absolute Gasteiger partial charge is 0.493 e. The molecule has 0 aromatic carbocycles. The summed E-state index contributed by atoms with van der Waals surface area (Å²) in [6, 6.07) is 0.0998. The standard InChI is InChI=1S/C11H20N4OS/c1-15-11(8(16-2)7-13-15)10(14-12)9-5-3-4-6-17-9/h7,9-10,14H,3-6,12H2,1-2H3. The molecule has 0 radical (unpaired) electrons. The lowest BCUT2D eigenvalue weighted by atomic mass is 10.0. The summed E-state index contributed by atoms with van der Waals surface area (Å²) in [5, 5.41) is 4.74. The zero-order valence-corrected chi connectivity index (χ0v) is 11.2. The smallest absolute Gasteiger partial charge is 0.161 e. The van der Waals surface area contributed by atoms with Gasteiger partial charge >= 0.3 is 0 Å². The zero-order valence-electron chi connectivity index (χ0n) is 10.3. The normalized spacial score (nSPS) is 22.4. The molecular weight excluding hydrogens is 236 g/mol. The highest BCUT2D eigenvalue weighted by molar-refractivity contribution is 8.00. The first-order valence-corrected chi connectivity index (χ1v) is 6.96. The first-order valence-electron chi connectivity index (χ1n) is 5.91. The van der Waals surface area contributed by atoms with Crippen LogP contribution in [0, 0.1) is 0 Å². The van der Waals surface area contributed by atoms with E-state index in [0.717, 1.165) is 11.4 Å². The molecule has 0 saturated carbocycles. The molecule has 6 heteroatoms. The highest BCUT2D eigenvalue weighted by atomic mass is 32.2. The summed E-state index contributed by atoms with van der Waals surface area (Å²) in [6.07, 6.45) is 5.51. The number of hydrogen-bond acceptors (Lipinski definition) is 5. The van der Waals surface area contributed by atoms with Gasteiger partial charge in [-0.05, 0) is 18.6 Å². The Hall–Kier alpha value is -0.720. The predicted octanol–water partition coefficient (Wildman–Crippen LogP) is 1.22. The fourth-order valence-corrected chi connectivity index (χ4v) is 3.74. The number of hydrogen-bond donors (Lipinski definition) is 2. The van der Waals surface area contributed by atoms with Crippen molar-refractivity contribution in [2.75, 3.05) is 12.9 Å². The van der Waals surface area contributed by atoms with Crippen molar-refractivity contribution in [1.29, 1.82) is 0 Å². The van der Waals surface area contributed by atoms with Crippen LogP contribution in [0.4, 0.5) is 0 Å². The molecular formula is C11H20N4OS. The van der Waals surface area contributed by atoms with E-state index in [4.69, 9.17) is 10.6 Å². The Balaban J connectivity index is 2.23. The average Bonchev–Trinajstić information content (AvgIpc) is 2.74. The maximum absolute atomic E-state index is 5.73. The number of nitrogens with two attached hydrogens (primary N) is 1. The molecule has 1 aliphatic rings. The summed E-state index contributed by atoms with van der Waals surface area (Å²) < 4.78 is 7.20. The third-order valence-electron chi connectivity index (χ3n) is 3.23. The quantitative estimate of drug-likeness (QED) is 0.626. The first kappa shape index (κ1) is 12.7. The zero-order chi connectivity index (χ0) is 12.3. The average molecular weight is 256 g/mol. The molecule has 0 spiro atoms. The van der Waals surface area contributed by atoms with E-state index in [1.807, 2.05) is 23.5 Å². The monoisotopic (exact) mass is 256 g/mol. The predicted molar refractivity (Wildman–Crippen MR) is 69.9 cm³/mol. The van der Waals surface area contributed by atoms with Crippen LogP contribution in [-0.2, 0) is 7.05 Å². The Morgan fingerprint density at radius 3 is 3.06 bits per heavy atom. The van der Waals surface area contributed by atoms with Gasteiger partial charge in [0.05, 0.1) is 25.0 Å². The van der Waals surface area contributed by atoms with Crippen molar-refractivity contribution in [1.82, 2.24) is 15.2 Å². The second-order valence-electron chi connectivity index (χ2n) is 4.27. The van der Waals surface area contributed by atoms with Gasteiger partial charge in [0.15, 0.2) is 5.75 Å². The van der Waals surface area contributed by atoms with Crippen LogP contribution in [0.3, 0.4) is 0 Å². The lowest BCUT2D eigenvalue weighted by molar-refractivity contribution is 0.387. The molecule has 1 saturated heterocycles. The van der Waals surface area contributed by atoms with Crippen LogP contribution in [0.5, 0.6) is 5.75 Å². The minimum absolute atomic E-state index is 0.0998. The van der Waals surface area contributed by atoms with Gasteiger partial charge < -0.3 is 4.74 Å². The van der Waals surface area contributed by atoms with E-state index in [9.17, 15) is 0 Å². The number of nitrogens with one attached hydrogen (secondary N) is 1. The summed E-state index contributed by atoms with van der Waals surface area (Å²) in [7, 11) is 3.60. The van der Waals surface area contributed by atoms with E-state index in [1.54, 1.807) is 13.3 Å². The van der Waals surface area contributed by atoms with Crippen LogP contribution in [0.1, 0.15) is 31.0 Å². The summed E-state index contributed by atoms with van der Waals surface area (Å²) >= 11 is 1.98. The molecule has 17 heavy (non-hydrogen) atoms. The number of aryl methyl sites for hydroxylation is 1. The minimum atomic E-state index is 0.0998. The van der Waals surface area contributed by atoms with Gasteiger partial charge in [0.2, 0.25) is 0 Å². The van der Waals surface area contributed by atoms with Gasteiger partial charge in [0, 0.05) is 12.3 Å². The third kappa shape index (κ3) is 2.59. The van der Waals surface area contributed by atoms with E-state index in [-0.39, 0.29) is 6.04 Å². The van der Waals surface area contributed by atoms with E-state index in [1.165, 1.54) is 25.0 Å². The number of rotatable bonds is 4. The highest BCUT2D eigenvalue weighted by Crippen LogP contribution is 2.37. The summed E-state index contributed by atoms with van der Waals surface area (Å²) in [5.41, 5.74) is 3.96. The van der Waals surface area contributed by atoms with Gasteiger partial charge in [-0.15, -0.1) is 0 Å². The topological polar surface area (TPSA) is 65.1 Å². The lowest BCUT2D eigenvalue weighted by Crippen LogP contribution is -2.37. The van der Waals surface area contributed by atoms with Crippen molar-refractivity contribution < 1.29 is 4.74 Å². The molecule has 1 fully saturated rings.